The fourth-order valence-corrected chi connectivity index (χ4v) is 1.98. The maximum Gasteiger partial charge on any atom is 0.0727 e. The van der Waals surface area contributed by atoms with E-state index in [1.165, 1.54) is 16.8 Å². The summed E-state index contributed by atoms with van der Waals surface area (Å²) in [6.45, 7) is 6.99. The molecule has 2 aromatic rings. The van der Waals surface area contributed by atoms with Crippen molar-refractivity contribution in [3.63, 3.8) is 0 Å². The molecule has 90 valence electrons. The minimum absolute atomic E-state index is 0.876. The first-order valence-electron chi connectivity index (χ1n) is 6.17. The quantitative estimate of drug-likeness (QED) is 0.854. The molecule has 3 nitrogen and oxygen atoms in total. The zero-order chi connectivity index (χ0) is 12.1. The first-order chi connectivity index (χ1) is 8.36. The molecule has 3 heteroatoms. The van der Waals surface area contributed by atoms with Gasteiger partial charge in [0.05, 0.1) is 11.9 Å². The summed E-state index contributed by atoms with van der Waals surface area (Å²) >= 11 is 0. The highest BCUT2D eigenvalue weighted by molar-refractivity contribution is 5.63. The molecule has 0 aliphatic rings. The molecule has 1 heterocycles. The summed E-state index contributed by atoms with van der Waals surface area (Å²) in [5.41, 5.74) is 3.73. The second kappa shape index (κ2) is 5.64. The Morgan fingerprint density at radius 3 is 2.59 bits per heavy atom. The first kappa shape index (κ1) is 11.9. The average molecular weight is 229 g/mol. The van der Waals surface area contributed by atoms with Gasteiger partial charge >= 0.3 is 0 Å². The molecular formula is C14H19N3. The van der Waals surface area contributed by atoms with Gasteiger partial charge in [0.25, 0.3) is 0 Å². The van der Waals surface area contributed by atoms with Crippen LogP contribution in [0.25, 0.3) is 11.3 Å². The molecule has 0 fully saturated rings. The number of hydrogen-bond donors (Lipinski definition) is 1. The highest BCUT2D eigenvalue weighted by Gasteiger charge is 2.10. The van der Waals surface area contributed by atoms with Crippen LogP contribution in [0.15, 0.2) is 36.5 Å². The Kier molecular flexibility index (Phi) is 3.94. The molecular weight excluding hydrogens is 210 g/mol. The molecule has 0 radical (unpaired) electrons. The van der Waals surface area contributed by atoms with Gasteiger partial charge in [0.2, 0.25) is 0 Å². The Balaban J connectivity index is 2.39. The predicted octanol–water partition coefficient (Wildman–Crippen LogP) is 2.68. The molecule has 0 unspecified atom stereocenters. The third kappa shape index (κ3) is 2.56. The molecule has 1 aromatic heterocycles. The van der Waals surface area contributed by atoms with E-state index in [0.717, 1.165) is 19.6 Å². The van der Waals surface area contributed by atoms with Crippen molar-refractivity contribution in [3.05, 3.63) is 42.1 Å². The average Bonchev–Trinajstić information content (AvgIpc) is 2.80. The van der Waals surface area contributed by atoms with Gasteiger partial charge in [-0.1, -0.05) is 37.3 Å². The van der Waals surface area contributed by atoms with Gasteiger partial charge in [0, 0.05) is 24.2 Å². The molecule has 0 aliphatic heterocycles. The summed E-state index contributed by atoms with van der Waals surface area (Å²) in [5, 5.41) is 7.80. The summed E-state index contributed by atoms with van der Waals surface area (Å²) in [6, 6.07) is 10.5. The van der Waals surface area contributed by atoms with E-state index in [1.807, 2.05) is 12.3 Å². The summed E-state index contributed by atoms with van der Waals surface area (Å²) in [4.78, 5) is 0. The van der Waals surface area contributed by atoms with Gasteiger partial charge < -0.3 is 5.32 Å². The summed E-state index contributed by atoms with van der Waals surface area (Å²) in [5.74, 6) is 0. The van der Waals surface area contributed by atoms with E-state index in [2.05, 4.69) is 53.2 Å². The van der Waals surface area contributed by atoms with Crippen molar-refractivity contribution in [2.45, 2.75) is 26.9 Å². The second-order valence-corrected chi connectivity index (χ2v) is 3.98. The lowest BCUT2D eigenvalue weighted by Gasteiger charge is -2.08. The number of aryl methyl sites for hydroxylation is 1. The molecule has 0 saturated carbocycles. The van der Waals surface area contributed by atoms with Gasteiger partial charge in [-0.05, 0) is 13.5 Å². The van der Waals surface area contributed by atoms with Gasteiger partial charge in [-0.15, -0.1) is 0 Å². The predicted molar refractivity (Wildman–Crippen MR) is 70.7 cm³/mol. The molecule has 1 N–H and O–H groups in total. The van der Waals surface area contributed by atoms with Gasteiger partial charge in [-0.2, -0.15) is 5.10 Å². The van der Waals surface area contributed by atoms with Gasteiger partial charge in [0.1, 0.15) is 0 Å². The van der Waals surface area contributed by atoms with Crippen molar-refractivity contribution in [3.8, 4) is 11.3 Å². The molecule has 0 spiro atoms. The highest BCUT2D eigenvalue weighted by atomic mass is 15.3. The van der Waals surface area contributed by atoms with E-state index in [1.54, 1.807) is 0 Å². The lowest BCUT2D eigenvalue weighted by Crippen LogP contribution is -2.12. The zero-order valence-corrected chi connectivity index (χ0v) is 10.5. The molecule has 2 rings (SSSR count). The van der Waals surface area contributed by atoms with E-state index in [0.29, 0.717) is 0 Å². The summed E-state index contributed by atoms with van der Waals surface area (Å²) < 4.78 is 2.06. The highest BCUT2D eigenvalue weighted by Crippen LogP contribution is 2.23. The van der Waals surface area contributed by atoms with Crippen molar-refractivity contribution < 1.29 is 0 Å². The number of nitrogens with one attached hydrogen (secondary N) is 1. The van der Waals surface area contributed by atoms with Crippen LogP contribution < -0.4 is 5.32 Å². The molecule has 0 amide bonds. The summed E-state index contributed by atoms with van der Waals surface area (Å²) in [7, 11) is 0. The Bertz CT molecular complexity index is 460. The number of aromatic nitrogens is 2. The van der Waals surface area contributed by atoms with Crippen LogP contribution in [-0.2, 0) is 13.1 Å². The second-order valence-electron chi connectivity index (χ2n) is 3.98. The molecule has 1 aromatic carbocycles. The van der Waals surface area contributed by atoms with Crippen LogP contribution in [0.2, 0.25) is 0 Å². The Morgan fingerprint density at radius 1 is 1.18 bits per heavy atom. The number of benzene rings is 1. The van der Waals surface area contributed by atoms with Crippen LogP contribution in [0.5, 0.6) is 0 Å². The largest absolute Gasteiger partial charge is 0.313 e. The maximum absolute atomic E-state index is 4.44. The van der Waals surface area contributed by atoms with Gasteiger partial charge in [0.15, 0.2) is 0 Å². The molecule has 0 aliphatic carbocycles. The van der Waals surface area contributed by atoms with Crippen molar-refractivity contribution in [1.29, 1.82) is 0 Å². The monoisotopic (exact) mass is 229 g/mol. The fraction of sp³-hybridized carbons (Fsp3) is 0.357. The van der Waals surface area contributed by atoms with Crippen LogP contribution in [0.4, 0.5) is 0 Å². The first-order valence-corrected chi connectivity index (χ1v) is 6.17. The Hall–Kier alpha value is -1.61. The van der Waals surface area contributed by atoms with E-state index in [-0.39, 0.29) is 0 Å². The summed E-state index contributed by atoms with van der Waals surface area (Å²) in [6.07, 6.45) is 1.97. The SMILES string of the molecule is CCNCc1cnn(CC)c1-c1ccccc1. The number of rotatable bonds is 5. The van der Waals surface area contributed by atoms with Crippen molar-refractivity contribution >= 4 is 0 Å². The standard InChI is InChI=1S/C14H19N3/c1-3-15-10-13-11-16-17(4-2)14(13)12-8-6-5-7-9-12/h5-9,11,15H,3-4,10H2,1-2H3. The van der Waals surface area contributed by atoms with Crippen molar-refractivity contribution in [1.82, 2.24) is 15.1 Å². The zero-order valence-electron chi connectivity index (χ0n) is 10.5. The number of nitrogens with zero attached hydrogens (tertiary/aromatic N) is 2. The fourth-order valence-electron chi connectivity index (χ4n) is 1.98. The van der Waals surface area contributed by atoms with Crippen LogP contribution >= 0.6 is 0 Å². The minimum atomic E-state index is 0.876. The Morgan fingerprint density at radius 2 is 1.94 bits per heavy atom. The van der Waals surface area contributed by atoms with Crippen LogP contribution in [0.1, 0.15) is 19.4 Å². The van der Waals surface area contributed by atoms with Crippen molar-refractivity contribution in [2.75, 3.05) is 6.54 Å². The van der Waals surface area contributed by atoms with E-state index < -0.39 is 0 Å². The minimum Gasteiger partial charge on any atom is -0.313 e. The molecule has 17 heavy (non-hydrogen) atoms. The lowest BCUT2D eigenvalue weighted by molar-refractivity contribution is 0.665. The van der Waals surface area contributed by atoms with Crippen LogP contribution in [0.3, 0.4) is 0 Å². The third-order valence-electron chi connectivity index (χ3n) is 2.83. The smallest absolute Gasteiger partial charge is 0.0727 e. The van der Waals surface area contributed by atoms with E-state index in [9.17, 15) is 0 Å². The van der Waals surface area contributed by atoms with Gasteiger partial charge in [-0.3, -0.25) is 4.68 Å². The Labute approximate surface area is 102 Å². The molecule has 0 saturated heterocycles. The molecule has 0 bridgehead atoms. The third-order valence-corrected chi connectivity index (χ3v) is 2.83. The van der Waals surface area contributed by atoms with Crippen LogP contribution in [-0.4, -0.2) is 16.3 Å². The van der Waals surface area contributed by atoms with Gasteiger partial charge in [-0.25, -0.2) is 0 Å². The van der Waals surface area contributed by atoms with Crippen LogP contribution in [0, 0.1) is 0 Å². The molecule has 0 atom stereocenters. The van der Waals surface area contributed by atoms with Crippen molar-refractivity contribution in [2.24, 2.45) is 0 Å². The lowest BCUT2D eigenvalue weighted by atomic mass is 10.1. The topological polar surface area (TPSA) is 29.9 Å². The maximum atomic E-state index is 4.44. The normalized spacial score (nSPS) is 10.7. The van der Waals surface area contributed by atoms with E-state index >= 15 is 0 Å². The van der Waals surface area contributed by atoms with E-state index in [4.69, 9.17) is 0 Å². The number of hydrogen-bond acceptors (Lipinski definition) is 2.